The predicted molar refractivity (Wildman–Crippen MR) is 119 cm³/mol. The Labute approximate surface area is 183 Å². The van der Waals surface area contributed by atoms with Crippen molar-refractivity contribution in [2.24, 2.45) is 0 Å². The molecule has 4 rings (SSSR count). The molecule has 2 aliphatic rings. The smallest absolute Gasteiger partial charge is 0.414 e. The summed E-state index contributed by atoms with van der Waals surface area (Å²) in [7, 11) is 7.39. The van der Waals surface area contributed by atoms with Gasteiger partial charge in [0.25, 0.3) is 0 Å². The highest BCUT2D eigenvalue weighted by atomic mass is 16.6. The number of ether oxygens (including phenoxy) is 2. The molecule has 7 nitrogen and oxygen atoms in total. The Morgan fingerprint density at radius 1 is 1.13 bits per heavy atom. The van der Waals surface area contributed by atoms with Crippen molar-refractivity contribution in [3.63, 3.8) is 0 Å². The van der Waals surface area contributed by atoms with Crippen molar-refractivity contribution in [2.75, 3.05) is 41.3 Å². The van der Waals surface area contributed by atoms with Gasteiger partial charge in [0.05, 0.1) is 12.3 Å². The van der Waals surface area contributed by atoms with Gasteiger partial charge in [0.2, 0.25) is 0 Å². The van der Waals surface area contributed by atoms with Gasteiger partial charge >= 0.3 is 6.09 Å². The molecule has 1 fully saturated rings. The number of hydroxylamine groups is 1. The zero-order valence-corrected chi connectivity index (χ0v) is 18.5. The Bertz CT molecular complexity index is 988. The second-order valence-electron chi connectivity index (χ2n) is 8.35. The lowest BCUT2D eigenvalue weighted by Crippen LogP contribution is -2.26. The summed E-state index contributed by atoms with van der Waals surface area (Å²) in [6, 6.07) is 15.6. The quantitative estimate of drug-likeness (QED) is 0.517. The summed E-state index contributed by atoms with van der Waals surface area (Å²) in [5.74, 6) is 1.10. The molecule has 1 aliphatic heterocycles. The van der Waals surface area contributed by atoms with Crippen LogP contribution in [0.4, 0.5) is 4.79 Å². The highest BCUT2D eigenvalue weighted by Gasteiger charge is 2.58. The minimum atomic E-state index is -0.506. The summed E-state index contributed by atoms with van der Waals surface area (Å²) in [4.78, 5) is 21.3. The van der Waals surface area contributed by atoms with Crippen LogP contribution in [0.3, 0.4) is 0 Å². The summed E-state index contributed by atoms with van der Waals surface area (Å²) < 4.78 is 11.9. The fourth-order valence-corrected chi connectivity index (χ4v) is 3.73. The first-order valence-electron chi connectivity index (χ1n) is 10.4. The van der Waals surface area contributed by atoms with Crippen LogP contribution in [0.1, 0.15) is 24.0 Å². The van der Waals surface area contributed by atoms with E-state index in [1.54, 1.807) is 26.2 Å². The molecule has 7 heteroatoms. The number of nitrogens with zero attached hydrogens (tertiary/aromatic N) is 2. The summed E-state index contributed by atoms with van der Waals surface area (Å²) in [6.07, 6.45) is 1.27. The lowest BCUT2D eigenvalue weighted by Gasteiger charge is -2.27. The molecule has 0 saturated heterocycles. The number of fused-ring (bicyclic) bond motifs is 2. The van der Waals surface area contributed by atoms with Gasteiger partial charge < -0.3 is 19.3 Å². The van der Waals surface area contributed by atoms with E-state index in [-0.39, 0.29) is 0 Å². The van der Waals surface area contributed by atoms with Crippen molar-refractivity contribution in [3.05, 3.63) is 65.2 Å². The van der Waals surface area contributed by atoms with Gasteiger partial charge in [-0.3, -0.25) is 10.3 Å². The lowest BCUT2D eigenvalue weighted by molar-refractivity contribution is 0.0708. The topological polar surface area (TPSA) is 63.3 Å². The Hall–Kier alpha value is -3.03. The van der Waals surface area contributed by atoms with Crippen molar-refractivity contribution in [1.82, 2.24) is 15.3 Å². The van der Waals surface area contributed by atoms with Crippen molar-refractivity contribution < 1.29 is 19.1 Å². The minimum absolute atomic E-state index is 0.432. The van der Waals surface area contributed by atoms with Gasteiger partial charge in [0.15, 0.2) is 5.60 Å². The first-order chi connectivity index (χ1) is 14.9. The maximum atomic E-state index is 12.0. The molecule has 1 heterocycles. The molecule has 1 unspecified atom stereocenters. The van der Waals surface area contributed by atoms with Gasteiger partial charge in [-0.1, -0.05) is 30.3 Å². The third-order valence-electron chi connectivity index (χ3n) is 5.43. The van der Waals surface area contributed by atoms with E-state index in [9.17, 15) is 4.79 Å². The van der Waals surface area contributed by atoms with E-state index in [0.717, 1.165) is 41.8 Å². The first kappa shape index (κ1) is 21.2. The van der Waals surface area contributed by atoms with E-state index in [4.69, 9.17) is 14.3 Å². The average Bonchev–Trinajstić information content (AvgIpc) is 3.48. The largest absolute Gasteiger partial charge is 0.477 e. The van der Waals surface area contributed by atoms with Crippen LogP contribution in [-0.2, 0) is 10.4 Å². The number of nitrogens with one attached hydrogen (secondary N) is 1. The van der Waals surface area contributed by atoms with Gasteiger partial charge in [0.1, 0.15) is 11.5 Å². The molecule has 1 N–H and O–H groups in total. The predicted octanol–water partition coefficient (Wildman–Crippen LogP) is 3.62. The van der Waals surface area contributed by atoms with Gasteiger partial charge in [0, 0.05) is 43.3 Å². The highest BCUT2D eigenvalue weighted by molar-refractivity contribution is 5.81. The molecule has 1 amide bonds. The number of amides is 1. The first-order valence-corrected chi connectivity index (χ1v) is 10.4. The molecular formula is C24H29N3O4. The van der Waals surface area contributed by atoms with E-state index >= 15 is 0 Å². The monoisotopic (exact) mass is 423 g/mol. The van der Waals surface area contributed by atoms with Gasteiger partial charge in [-0.25, -0.2) is 4.79 Å². The van der Waals surface area contributed by atoms with E-state index in [0.29, 0.717) is 18.1 Å². The highest BCUT2D eigenvalue weighted by Crippen LogP contribution is 2.61. The van der Waals surface area contributed by atoms with E-state index in [1.165, 1.54) is 4.90 Å². The average molecular weight is 424 g/mol. The molecule has 0 radical (unpaired) electrons. The molecule has 1 aliphatic carbocycles. The van der Waals surface area contributed by atoms with Crippen LogP contribution in [0.2, 0.25) is 0 Å². The molecule has 164 valence electrons. The minimum Gasteiger partial charge on any atom is -0.477 e. The third kappa shape index (κ3) is 4.38. The molecule has 31 heavy (non-hydrogen) atoms. The van der Waals surface area contributed by atoms with Crippen molar-refractivity contribution in [2.45, 2.75) is 18.4 Å². The maximum absolute atomic E-state index is 12.0. The van der Waals surface area contributed by atoms with E-state index < -0.39 is 11.7 Å². The zero-order chi connectivity index (χ0) is 22.0. The van der Waals surface area contributed by atoms with Crippen LogP contribution in [-0.4, -0.2) is 57.2 Å². The normalized spacial score (nSPS) is 18.7. The van der Waals surface area contributed by atoms with E-state index in [2.05, 4.69) is 22.5 Å². The molecule has 0 spiro atoms. The summed E-state index contributed by atoms with van der Waals surface area (Å²) in [5, 5.41) is 0. The standard InChI is InChI=1S/C24H29N3O4/c1-26(2)13-8-14-29-25-22-19-12-11-18(30-23(28)27(3)4)15-21(19)31-24(16-20(22)24)17-9-6-5-7-10-17/h5-7,9-12,15,25H,8,13-14,16H2,1-4H3. The summed E-state index contributed by atoms with van der Waals surface area (Å²) in [6.45, 7) is 1.56. The number of carbonyl (C=O) groups is 1. The van der Waals surface area contributed by atoms with Gasteiger partial charge in [-0.05, 0) is 39.2 Å². The molecular weight excluding hydrogens is 394 g/mol. The third-order valence-corrected chi connectivity index (χ3v) is 5.43. The Balaban J connectivity index is 1.60. The van der Waals surface area contributed by atoms with Crippen LogP contribution in [0.25, 0.3) is 5.70 Å². The van der Waals surface area contributed by atoms with Crippen LogP contribution < -0.4 is 15.0 Å². The van der Waals surface area contributed by atoms with Crippen LogP contribution in [0.15, 0.2) is 54.1 Å². The molecule has 2 aromatic rings. The van der Waals surface area contributed by atoms with Gasteiger partial charge in [-0.2, -0.15) is 0 Å². The Morgan fingerprint density at radius 2 is 1.90 bits per heavy atom. The fraction of sp³-hybridized carbons (Fsp3) is 0.375. The second-order valence-corrected chi connectivity index (χ2v) is 8.35. The van der Waals surface area contributed by atoms with Crippen LogP contribution in [0.5, 0.6) is 11.5 Å². The molecule has 0 bridgehead atoms. The number of rotatable bonds is 8. The van der Waals surface area contributed by atoms with E-state index in [1.807, 2.05) is 38.4 Å². The number of benzene rings is 2. The van der Waals surface area contributed by atoms with Gasteiger partial charge in [-0.15, -0.1) is 0 Å². The zero-order valence-electron chi connectivity index (χ0n) is 18.5. The van der Waals surface area contributed by atoms with Crippen molar-refractivity contribution >= 4 is 11.8 Å². The summed E-state index contributed by atoms with van der Waals surface area (Å²) in [5.41, 5.74) is 6.76. The van der Waals surface area contributed by atoms with Crippen LogP contribution in [0, 0.1) is 0 Å². The SMILES string of the molecule is CN(C)CCCONC1=C2CC2(c2ccccc2)Oc2cc(OC(=O)N(C)C)ccc21. The summed E-state index contributed by atoms with van der Waals surface area (Å²) >= 11 is 0. The van der Waals surface area contributed by atoms with Crippen LogP contribution >= 0.6 is 0 Å². The van der Waals surface area contributed by atoms with Crippen molar-refractivity contribution in [1.29, 1.82) is 0 Å². The number of hydrogen-bond acceptors (Lipinski definition) is 6. The fourth-order valence-electron chi connectivity index (χ4n) is 3.73. The molecule has 0 aromatic heterocycles. The Morgan fingerprint density at radius 3 is 2.61 bits per heavy atom. The second kappa shape index (κ2) is 8.61. The maximum Gasteiger partial charge on any atom is 0.414 e. The number of hydrogen-bond donors (Lipinski definition) is 1. The Kier molecular flexibility index (Phi) is 5.89. The number of carbonyl (C=O) groups excluding carboxylic acids is 1. The lowest BCUT2D eigenvalue weighted by atomic mass is 10.0. The molecule has 2 aromatic carbocycles. The molecule has 1 saturated carbocycles. The molecule has 1 atom stereocenters. The van der Waals surface area contributed by atoms with Crippen molar-refractivity contribution in [3.8, 4) is 11.5 Å².